The Hall–Kier alpha value is -2.14. The van der Waals surface area contributed by atoms with Crippen molar-refractivity contribution in [3.8, 4) is 0 Å². The van der Waals surface area contributed by atoms with Crippen LogP contribution in [0.1, 0.15) is 37.3 Å². The van der Waals surface area contributed by atoms with Crippen LogP contribution in [-0.2, 0) is 22.6 Å². The van der Waals surface area contributed by atoms with Gasteiger partial charge >= 0.3 is 0 Å². The van der Waals surface area contributed by atoms with E-state index in [1.165, 1.54) is 0 Å². The number of hydrogen-bond donors (Lipinski definition) is 2. The number of halogens is 1. The van der Waals surface area contributed by atoms with Crippen LogP contribution in [0, 0.1) is 0 Å². The number of carbonyl (C=O) groups is 2. The predicted octanol–water partition coefficient (Wildman–Crippen LogP) is 4.44. The second kappa shape index (κ2) is 9.99. The van der Waals surface area contributed by atoms with E-state index in [0.717, 1.165) is 27.7 Å². The van der Waals surface area contributed by atoms with Gasteiger partial charge in [-0.3, -0.25) is 9.59 Å². The zero-order valence-electron chi connectivity index (χ0n) is 14.3. The summed E-state index contributed by atoms with van der Waals surface area (Å²) in [6.45, 7) is 2.43. The van der Waals surface area contributed by atoms with Crippen LogP contribution in [-0.4, -0.2) is 11.8 Å². The second-order valence-corrected chi connectivity index (χ2v) is 6.82. The third-order valence-corrected chi connectivity index (χ3v) is 4.20. The van der Waals surface area contributed by atoms with E-state index in [1.54, 1.807) is 0 Å². The monoisotopic (exact) mass is 402 g/mol. The van der Waals surface area contributed by atoms with Crippen molar-refractivity contribution in [3.05, 3.63) is 64.1 Å². The molecule has 0 atom stereocenters. The average molecular weight is 403 g/mol. The maximum absolute atomic E-state index is 12.0. The fourth-order valence-corrected chi connectivity index (χ4v) is 2.90. The molecule has 2 aromatic carbocycles. The van der Waals surface area contributed by atoms with Gasteiger partial charge in [0.05, 0.1) is 0 Å². The molecular weight excluding hydrogens is 380 g/mol. The highest BCUT2D eigenvalue weighted by atomic mass is 79.9. The number of benzene rings is 2. The molecule has 0 aliphatic rings. The molecule has 2 N–H and O–H groups in total. The first kappa shape index (κ1) is 19.2. The molecule has 4 nitrogen and oxygen atoms in total. The summed E-state index contributed by atoms with van der Waals surface area (Å²) in [5.41, 5.74) is 2.86. The Morgan fingerprint density at radius 2 is 1.72 bits per heavy atom. The highest BCUT2D eigenvalue weighted by Crippen LogP contribution is 2.13. The predicted molar refractivity (Wildman–Crippen MR) is 104 cm³/mol. The Kier molecular flexibility index (Phi) is 7.67. The van der Waals surface area contributed by atoms with Crippen molar-refractivity contribution >= 4 is 33.4 Å². The number of carbonyl (C=O) groups excluding carboxylic acids is 2. The highest BCUT2D eigenvalue weighted by Gasteiger charge is 2.05. The van der Waals surface area contributed by atoms with Crippen LogP contribution in [0.4, 0.5) is 5.69 Å². The van der Waals surface area contributed by atoms with Crippen molar-refractivity contribution in [2.75, 3.05) is 5.32 Å². The summed E-state index contributed by atoms with van der Waals surface area (Å²) >= 11 is 3.43. The summed E-state index contributed by atoms with van der Waals surface area (Å²) in [6, 6.07) is 15.5. The van der Waals surface area contributed by atoms with Crippen molar-refractivity contribution in [2.45, 2.75) is 39.2 Å². The third-order valence-electron chi connectivity index (χ3n) is 3.71. The summed E-state index contributed by atoms with van der Waals surface area (Å²) in [4.78, 5) is 23.7. The van der Waals surface area contributed by atoms with Gasteiger partial charge < -0.3 is 10.6 Å². The molecule has 0 saturated carbocycles. The van der Waals surface area contributed by atoms with Gasteiger partial charge in [0.1, 0.15) is 0 Å². The lowest BCUT2D eigenvalue weighted by Crippen LogP contribution is -2.23. The molecule has 0 bridgehead atoms. The van der Waals surface area contributed by atoms with Gasteiger partial charge in [0, 0.05) is 29.5 Å². The van der Waals surface area contributed by atoms with Gasteiger partial charge in [-0.25, -0.2) is 0 Å². The van der Waals surface area contributed by atoms with E-state index in [9.17, 15) is 9.59 Å². The van der Waals surface area contributed by atoms with Gasteiger partial charge in [-0.05, 0) is 48.2 Å². The molecular formula is C20H23BrN2O2. The molecule has 5 heteroatoms. The number of anilines is 1. The van der Waals surface area contributed by atoms with Crippen molar-refractivity contribution in [2.24, 2.45) is 0 Å². The lowest BCUT2D eigenvalue weighted by atomic mass is 10.1. The van der Waals surface area contributed by atoms with Gasteiger partial charge in [-0.2, -0.15) is 0 Å². The molecule has 0 spiro atoms. The molecule has 132 valence electrons. The molecule has 25 heavy (non-hydrogen) atoms. The van der Waals surface area contributed by atoms with E-state index < -0.39 is 0 Å². The molecule has 0 aliphatic heterocycles. The smallest absolute Gasteiger partial charge is 0.224 e. The summed E-state index contributed by atoms with van der Waals surface area (Å²) in [7, 11) is 0. The molecule has 0 heterocycles. The number of amides is 2. The molecule has 0 aliphatic carbocycles. The SMILES string of the molecule is CCCC(=O)Nc1cccc(CNC(=O)CCc2cccc(Br)c2)c1. The molecule has 2 rings (SSSR count). The van der Waals surface area contributed by atoms with Gasteiger partial charge in [0.15, 0.2) is 0 Å². The van der Waals surface area contributed by atoms with Crippen LogP contribution in [0.5, 0.6) is 0 Å². The van der Waals surface area contributed by atoms with E-state index >= 15 is 0 Å². The molecule has 2 amide bonds. The minimum Gasteiger partial charge on any atom is -0.352 e. The van der Waals surface area contributed by atoms with Crippen LogP contribution < -0.4 is 10.6 Å². The Morgan fingerprint density at radius 3 is 2.48 bits per heavy atom. The topological polar surface area (TPSA) is 58.2 Å². The zero-order chi connectivity index (χ0) is 18.1. The molecule has 0 fully saturated rings. The normalized spacial score (nSPS) is 10.3. The zero-order valence-corrected chi connectivity index (χ0v) is 15.9. The average Bonchev–Trinajstić information content (AvgIpc) is 2.59. The summed E-state index contributed by atoms with van der Waals surface area (Å²) < 4.78 is 1.02. The van der Waals surface area contributed by atoms with Crippen molar-refractivity contribution in [1.82, 2.24) is 5.32 Å². The lowest BCUT2D eigenvalue weighted by Gasteiger charge is -2.09. The van der Waals surface area contributed by atoms with Crippen LogP contribution in [0.15, 0.2) is 53.0 Å². The van der Waals surface area contributed by atoms with Crippen LogP contribution in [0.3, 0.4) is 0 Å². The third kappa shape index (κ3) is 7.10. The standard InChI is InChI=1S/C20H23BrN2O2/c1-2-5-20(25)23-18-9-4-7-16(13-18)14-22-19(24)11-10-15-6-3-8-17(21)12-15/h3-4,6-9,12-13H,2,5,10-11,14H2,1H3,(H,22,24)(H,23,25). The van der Waals surface area contributed by atoms with Crippen molar-refractivity contribution in [3.63, 3.8) is 0 Å². The highest BCUT2D eigenvalue weighted by molar-refractivity contribution is 9.10. The van der Waals surface area contributed by atoms with E-state index in [1.807, 2.05) is 55.5 Å². The fraction of sp³-hybridized carbons (Fsp3) is 0.300. The first-order valence-electron chi connectivity index (χ1n) is 8.46. The van der Waals surface area contributed by atoms with Crippen molar-refractivity contribution in [1.29, 1.82) is 0 Å². The maximum Gasteiger partial charge on any atom is 0.224 e. The van der Waals surface area contributed by atoms with Crippen molar-refractivity contribution < 1.29 is 9.59 Å². The molecule has 0 unspecified atom stereocenters. The fourth-order valence-electron chi connectivity index (χ4n) is 2.45. The number of hydrogen-bond acceptors (Lipinski definition) is 2. The summed E-state index contributed by atoms with van der Waals surface area (Å²) in [5.74, 6) is 0.0260. The quantitative estimate of drug-likeness (QED) is 0.685. The Balaban J connectivity index is 1.80. The number of nitrogens with one attached hydrogen (secondary N) is 2. The molecule has 0 aromatic heterocycles. The minimum atomic E-state index is 0.0118. The number of rotatable bonds is 8. The van der Waals surface area contributed by atoms with Crippen LogP contribution in [0.25, 0.3) is 0 Å². The van der Waals surface area contributed by atoms with Gasteiger partial charge in [-0.15, -0.1) is 0 Å². The van der Waals surface area contributed by atoms with Crippen LogP contribution >= 0.6 is 15.9 Å². The lowest BCUT2D eigenvalue weighted by molar-refractivity contribution is -0.121. The van der Waals surface area contributed by atoms with Crippen LogP contribution in [0.2, 0.25) is 0 Å². The van der Waals surface area contributed by atoms with Gasteiger partial charge in [0.25, 0.3) is 0 Å². The Labute approximate surface area is 157 Å². The summed E-state index contributed by atoms with van der Waals surface area (Å²) in [6.07, 6.45) is 2.48. The minimum absolute atomic E-state index is 0.0118. The van der Waals surface area contributed by atoms with E-state index in [-0.39, 0.29) is 11.8 Å². The first-order chi connectivity index (χ1) is 12.1. The van der Waals surface area contributed by atoms with E-state index in [0.29, 0.717) is 25.8 Å². The van der Waals surface area contributed by atoms with Gasteiger partial charge in [0.2, 0.25) is 11.8 Å². The molecule has 0 saturated heterocycles. The van der Waals surface area contributed by atoms with E-state index in [4.69, 9.17) is 0 Å². The van der Waals surface area contributed by atoms with Gasteiger partial charge in [-0.1, -0.05) is 47.1 Å². The Morgan fingerprint density at radius 1 is 0.960 bits per heavy atom. The molecule has 0 radical (unpaired) electrons. The Bertz CT molecular complexity index is 731. The summed E-state index contributed by atoms with van der Waals surface area (Å²) in [5, 5.41) is 5.79. The molecule has 2 aromatic rings. The largest absolute Gasteiger partial charge is 0.352 e. The number of aryl methyl sites for hydroxylation is 1. The maximum atomic E-state index is 12.0. The van der Waals surface area contributed by atoms with E-state index in [2.05, 4.69) is 26.6 Å². The first-order valence-corrected chi connectivity index (χ1v) is 9.26. The second-order valence-electron chi connectivity index (χ2n) is 5.91.